The number of para-hydroxylation sites is 1. The van der Waals surface area contributed by atoms with Crippen molar-refractivity contribution in [2.45, 2.75) is 16.7 Å². The zero-order valence-corrected chi connectivity index (χ0v) is 20.7. The predicted octanol–water partition coefficient (Wildman–Crippen LogP) is 5.29. The van der Waals surface area contributed by atoms with Gasteiger partial charge in [-0.05, 0) is 42.0 Å². The van der Waals surface area contributed by atoms with Gasteiger partial charge in [0.2, 0.25) is 11.8 Å². The molecule has 0 saturated carbocycles. The van der Waals surface area contributed by atoms with Gasteiger partial charge in [0, 0.05) is 12.0 Å². The molecule has 5 rings (SSSR count). The van der Waals surface area contributed by atoms with Crippen LogP contribution in [0.25, 0.3) is 11.1 Å². The van der Waals surface area contributed by atoms with Crippen molar-refractivity contribution in [3.05, 3.63) is 96.1 Å². The number of carbonyl (C=O) groups is 2. The highest BCUT2D eigenvalue weighted by atomic mass is 32.2. The zero-order chi connectivity index (χ0) is 26.6. The van der Waals surface area contributed by atoms with Crippen LogP contribution in [-0.4, -0.2) is 22.0 Å². The summed E-state index contributed by atoms with van der Waals surface area (Å²) in [6.07, 6.45) is -0.0705. The second kappa shape index (κ2) is 10.5. The molecule has 8 nitrogen and oxygen atoms in total. The van der Waals surface area contributed by atoms with Gasteiger partial charge < -0.3 is 10.5 Å². The Kier molecular flexibility index (Phi) is 6.77. The number of benzene rings is 3. The minimum absolute atomic E-state index is 0.0458. The Labute approximate surface area is 222 Å². The molecule has 0 aliphatic carbocycles. The van der Waals surface area contributed by atoms with Crippen molar-refractivity contribution < 1.29 is 14.3 Å². The number of aromatic nitrogens is 1. The van der Waals surface area contributed by atoms with E-state index in [1.54, 1.807) is 48.5 Å². The zero-order valence-electron chi connectivity index (χ0n) is 19.9. The largest absolute Gasteiger partial charge is 0.457 e. The third-order valence-corrected chi connectivity index (χ3v) is 7.08. The van der Waals surface area contributed by atoms with Gasteiger partial charge in [0.25, 0.3) is 0 Å². The number of rotatable bonds is 6. The number of nitrogens with zero attached hydrogens (tertiary/aromatic N) is 4. The number of amides is 2. The Morgan fingerprint density at radius 3 is 2.11 bits per heavy atom. The van der Waals surface area contributed by atoms with Crippen LogP contribution in [0.2, 0.25) is 0 Å². The van der Waals surface area contributed by atoms with Crippen molar-refractivity contribution in [1.82, 2.24) is 4.98 Å². The molecule has 0 radical (unpaired) electrons. The monoisotopic (exact) mass is 517 g/mol. The lowest BCUT2D eigenvalue weighted by Crippen LogP contribution is -2.31. The van der Waals surface area contributed by atoms with Gasteiger partial charge in [-0.25, -0.2) is 9.88 Å². The molecule has 1 atom stereocenters. The van der Waals surface area contributed by atoms with Crippen molar-refractivity contribution >= 4 is 35.1 Å². The number of pyridine rings is 1. The molecule has 184 valence electrons. The van der Waals surface area contributed by atoms with Crippen LogP contribution in [0, 0.1) is 22.7 Å². The molecule has 1 unspecified atom stereocenters. The summed E-state index contributed by atoms with van der Waals surface area (Å²) in [5.41, 5.74) is 7.71. The van der Waals surface area contributed by atoms with Crippen molar-refractivity contribution in [1.29, 1.82) is 10.5 Å². The van der Waals surface area contributed by atoms with Gasteiger partial charge in [-0.15, -0.1) is 0 Å². The van der Waals surface area contributed by atoms with Crippen LogP contribution < -0.4 is 15.4 Å². The number of ether oxygens (including phenoxy) is 1. The first-order valence-electron chi connectivity index (χ1n) is 11.6. The van der Waals surface area contributed by atoms with Gasteiger partial charge in [0.15, 0.2) is 0 Å². The minimum atomic E-state index is -0.807. The molecule has 1 aliphatic heterocycles. The SMILES string of the molecule is N#Cc1c(N)nc(SC2CC(=O)N(c3ccc(Oc4ccccc4)cc3)C2=O)c(C#N)c1-c1ccccc1. The van der Waals surface area contributed by atoms with Gasteiger partial charge in [-0.2, -0.15) is 10.5 Å². The fraction of sp³-hybridized carbons (Fsp3) is 0.0690. The average molecular weight is 518 g/mol. The van der Waals surface area contributed by atoms with Crippen molar-refractivity contribution in [3.63, 3.8) is 0 Å². The highest BCUT2D eigenvalue weighted by Crippen LogP contribution is 2.40. The maximum Gasteiger partial charge on any atom is 0.247 e. The molecule has 38 heavy (non-hydrogen) atoms. The van der Waals surface area contributed by atoms with E-state index in [1.807, 2.05) is 42.5 Å². The van der Waals surface area contributed by atoms with Crippen molar-refractivity contribution in [2.75, 3.05) is 10.6 Å². The Morgan fingerprint density at radius 2 is 1.47 bits per heavy atom. The van der Waals surface area contributed by atoms with Crippen LogP contribution in [-0.2, 0) is 9.59 Å². The van der Waals surface area contributed by atoms with Crippen molar-refractivity contribution in [3.8, 4) is 34.8 Å². The first kappa shape index (κ1) is 24.6. The topological polar surface area (TPSA) is 133 Å². The van der Waals surface area contributed by atoms with Gasteiger partial charge in [-0.3, -0.25) is 9.59 Å². The quantitative estimate of drug-likeness (QED) is 0.341. The molecule has 1 aliphatic rings. The first-order chi connectivity index (χ1) is 18.5. The van der Waals surface area contributed by atoms with E-state index in [0.29, 0.717) is 28.3 Å². The predicted molar refractivity (Wildman–Crippen MR) is 143 cm³/mol. The average Bonchev–Trinajstić information content (AvgIpc) is 3.22. The fourth-order valence-electron chi connectivity index (χ4n) is 4.17. The number of hydrogen-bond acceptors (Lipinski definition) is 8. The summed E-state index contributed by atoms with van der Waals surface area (Å²) < 4.78 is 5.79. The summed E-state index contributed by atoms with van der Waals surface area (Å²) >= 11 is 1.00. The maximum atomic E-state index is 13.3. The summed E-state index contributed by atoms with van der Waals surface area (Å²) in [5, 5.41) is 19.1. The molecule has 1 aromatic heterocycles. The molecule has 9 heteroatoms. The van der Waals surface area contributed by atoms with E-state index < -0.39 is 11.2 Å². The fourth-order valence-corrected chi connectivity index (χ4v) is 5.29. The molecule has 3 aromatic carbocycles. The van der Waals surface area contributed by atoms with E-state index in [4.69, 9.17) is 10.5 Å². The number of hydrogen-bond donors (Lipinski definition) is 1. The molecule has 0 spiro atoms. The molecule has 4 aromatic rings. The Morgan fingerprint density at radius 1 is 0.868 bits per heavy atom. The van der Waals surface area contributed by atoms with E-state index in [0.717, 1.165) is 16.7 Å². The summed E-state index contributed by atoms with van der Waals surface area (Å²) in [5.74, 6) is 0.395. The van der Waals surface area contributed by atoms with Gasteiger partial charge in [0.1, 0.15) is 40.0 Å². The Balaban J connectivity index is 1.42. The van der Waals surface area contributed by atoms with Crippen LogP contribution in [0.5, 0.6) is 11.5 Å². The number of nitrogen functional groups attached to an aromatic ring is 1. The van der Waals surface area contributed by atoms with Crippen LogP contribution in [0.4, 0.5) is 11.5 Å². The number of thioether (sulfide) groups is 1. The van der Waals surface area contributed by atoms with Gasteiger partial charge >= 0.3 is 0 Å². The lowest BCUT2D eigenvalue weighted by molar-refractivity contribution is -0.121. The summed E-state index contributed by atoms with van der Waals surface area (Å²) in [4.78, 5) is 31.6. The molecule has 2 amide bonds. The number of anilines is 2. The van der Waals surface area contributed by atoms with Gasteiger partial charge in [-0.1, -0.05) is 60.3 Å². The standard InChI is InChI=1S/C29H19N5O3S/c30-16-22-26(18-7-3-1-4-8-18)23(17-31)28(33-27(22)32)38-24-15-25(35)34(29(24)36)19-11-13-21(14-12-19)37-20-9-5-2-6-10-20/h1-14,24H,15H2,(H2,32,33). The van der Waals surface area contributed by atoms with Crippen molar-refractivity contribution in [2.24, 2.45) is 0 Å². The van der Waals surface area contributed by atoms with E-state index >= 15 is 0 Å². The van der Waals surface area contributed by atoms with E-state index in [1.165, 1.54) is 0 Å². The second-order valence-corrected chi connectivity index (χ2v) is 9.50. The van der Waals surface area contributed by atoms with Crippen LogP contribution in [0.3, 0.4) is 0 Å². The molecular formula is C29H19N5O3S. The maximum absolute atomic E-state index is 13.3. The lowest BCUT2D eigenvalue weighted by Gasteiger charge is -2.17. The molecule has 1 fully saturated rings. The van der Waals surface area contributed by atoms with Crippen LogP contribution >= 0.6 is 11.8 Å². The number of carbonyl (C=O) groups excluding carboxylic acids is 2. The van der Waals surface area contributed by atoms with Gasteiger partial charge in [0.05, 0.1) is 16.5 Å². The number of imide groups is 1. The highest BCUT2D eigenvalue weighted by molar-refractivity contribution is 8.00. The molecule has 2 N–H and O–H groups in total. The summed E-state index contributed by atoms with van der Waals surface area (Å²) in [6, 6.07) is 29.0. The lowest BCUT2D eigenvalue weighted by atomic mass is 9.97. The Bertz CT molecular complexity index is 1610. The second-order valence-electron chi connectivity index (χ2n) is 8.30. The van der Waals surface area contributed by atoms with E-state index in [2.05, 4.69) is 11.1 Å². The Hall–Kier alpha value is -5.12. The highest BCUT2D eigenvalue weighted by Gasteiger charge is 2.41. The third-order valence-electron chi connectivity index (χ3n) is 5.91. The third kappa shape index (κ3) is 4.66. The smallest absolute Gasteiger partial charge is 0.247 e. The summed E-state index contributed by atoms with van der Waals surface area (Å²) in [7, 11) is 0. The minimum Gasteiger partial charge on any atom is -0.457 e. The van der Waals surface area contributed by atoms with E-state index in [9.17, 15) is 20.1 Å². The normalized spacial score (nSPS) is 14.7. The van der Waals surface area contributed by atoms with Crippen LogP contribution in [0.15, 0.2) is 90.0 Å². The number of nitriles is 2. The van der Waals surface area contributed by atoms with E-state index in [-0.39, 0.29) is 34.3 Å². The van der Waals surface area contributed by atoms with Crippen LogP contribution in [0.1, 0.15) is 17.5 Å². The molecule has 2 heterocycles. The summed E-state index contributed by atoms with van der Waals surface area (Å²) in [6.45, 7) is 0. The molecule has 1 saturated heterocycles. The molecule has 0 bridgehead atoms. The molecular weight excluding hydrogens is 498 g/mol. The first-order valence-corrected chi connectivity index (χ1v) is 12.4. The number of nitrogens with two attached hydrogens (primary N) is 1.